The second-order valence-electron chi connectivity index (χ2n) is 5.51. The molecule has 3 rings (SSSR count). The van der Waals surface area contributed by atoms with Crippen LogP contribution in [0.4, 0.5) is 0 Å². The number of methoxy groups -OCH3 is 1. The SMILES string of the molecule is CCc1nnc(S/C(=C\c2ccc(-c3cccc(C(=O)OC)c3)o2)C(=O)O)o1. The molecule has 0 radical (unpaired) electrons. The molecule has 2 heterocycles. The molecular weight excluding hydrogens is 384 g/mol. The lowest BCUT2D eigenvalue weighted by molar-refractivity contribution is -0.131. The minimum atomic E-state index is -1.15. The van der Waals surface area contributed by atoms with Gasteiger partial charge in [-0.3, -0.25) is 0 Å². The van der Waals surface area contributed by atoms with Crippen LogP contribution in [0.1, 0.15) is 28.9 Å². The third kappa shape index (κ3) is 4.49. The van der Waals surface area contributed by atoms with E-state index in [4.69, 9.17) is 13.6 Å². The average Bonchev–Trinajstić information content (AvgIpc) is 3.36. The van der Waals surface area contributed by atoms with Crippen LogP contribution < -0.4 is 0 Å². The molecule has 0 aliphatic carbocycles. The summed E-state index contributed by atoms with van der Waals surface area (Å²) < 4.78 is 15.8. The van der Waals surface area contributed by atoms with Crippen molar-refractivity contribution in [2.45, 2.75) is 18.6 Å². The van der Waals surface area contributed by atoms with Crippen molar-refractivity contribution in [2.24, 2.45) is 0 Å². The molecule has 0 atom stereocenters. The van der Waals surface area contributed by atoms with Gasteiger partial charge in [-0.05, 0) is 36.0 Å². The van der Waals surface area contributed by atoms with E-state index in [1.54, 1.807) is 36.4 Å². The number of benzene rings is 1. The Morgan fingerprint density at radius 1 is 1.21 bits per heavy atom. The first-order valence-corrected chi connectivity index (χ1v) is 9.05. The number of aryl methyl sites for hydroxylation is 1. The smallest absolute Gasteiger partial charge is 0.342 e. The summed E-state index contributed by atoms with van der Waals surface area (Å²) in [6, 6.07) is 10.1. The van der Waals surface area contributed by atoms with Gasteiger partial charge in [0.25, 0.3) is 5.22 Å². The molecule has 2 aromatic heterocycles. The molecule has 9 heteroatoms. The summed E-state index contributed by atoms with van der Waals surface area (Å²) in [5.41, 5.74) is 1.05. The van der Waals surface area contributed by atoms with Gasteiger partial charge in [-0.15, -0.1) is 10.2 Å². The minimum absolute atomic E-state index is 0.0319. The van der Waals surface area contributed by atoms with E-state index in [0.717, 1.165) is 11.8 Å². The maximum absolute atomic E-state index is 11.7. The van der Waals surface area contributed by atoms with Crippen LogP contribution in [0, 0.1) is 0 Å². The molecule has 0 saturated carbocycles. The highest BCUT2D eigenvalue weighted by Gasteiger charge is 2.16. The van der Waals surface area contributed by atoms with Gasteiger partial charge in [0.1, 0.15) is 16.4 Å². The summed E-state index contributed by atoms with van der Waals surface area (Å²) >= 11 is 0.842. The minimum Gasteiger partial charge on any atom is -0.477 e. The van der Waals surface area contributed by atoms with E-state index in [0.29, 0.717) is 35.0 Å². The number of hydrogen-bond acceptors (Lipinski definition) is 8. The van der Waals surface area contributed by atoms with Gasteiger partial charge in [0.05, 0.1) is 12.7 Å². The van der Waals surface area contributed by atoms with E-state index in [9.17, 15) is 14.7 Å². The standard InChI is InChI=1S/C19H16N2O6S/c1-3-16-20-21-19(27-16)28-15(17(22)23)10-13-7-8-14(26-13)11-5-4-6-12(9-11)18(24)25-2/h4-10H,3H2,1-2H3,(H,22,23)/b15-10-. The van der Waals surface area contributed by atoms with Crippen molar-refractivity contribution < 1.29 is 28.3 Å². The van der Waals surface area contributed by atoms with Gasteiger partial charge in [0.2, 0.25) is 5.89 Å². The van der Waals surface area contributed by atoms with E-state index in [1.807, 2.05) is 6.92 Å². The number of nitrogens with zero attached hydrogens (tertiary/aromatic N) is 2. The molecule has 0 bridgehead atoms. The Labute approximate surface area is 164 Å². The van der Waals surface area contributed by atoms with Crippen LogP contribution in [0.25, 0.3) is 17.4 Å². The topological polar surface area (TPSA) is 116 Å². The molecular formula is C19H16N2O6S. The first-order chi connectivity index (χ1) is 13.5. The van der Waals surface area contributed by atoms with Gasteiger partial charge >= 0.3 is 11.9 Å². The lowest BCUT2D eigenvalue weighted by Crippen LogP contribution is -2.00. The zero-order valence-electron chi connectivity index (χ0n) is 15.0. The average molecular weight is 400 g/mol. The highest BCUT2D eigenvalue weighted by atomic mass is 32.2. The van der Waals surface area contributed by atoms with Crippen molar-refractivity contribution in [2.75, 3.05) is 7.11 Å². The Bertz CT molecular complexity index is 1040. The number of furan rings is 1. The summed E-state index contributed by atoms with van der Waals surface area (Å²) in [6.07, 6.45) is 1.93. The number of ether oxygens (including phenoxy) is 1. The van der Waals surface area contributed by atoms with Crippen LogP contribution in [0.2, 0.25) is 0 Å². The molecule has 8 nitrogen and oxygen atoms in total. The quantitative estimate of drug-likeness (QED) is 0.358. The van der Waals surface area contributed by atoms with E-state index in [1.165, 1.54) is 13.2 Å². The van der Waals surface area contributed by atoms with Gasteiger partial charge in [-0.25, -0.2) is 9.59 Å². The number of hydrogen-bond donors (Lipinski definition) is 1. The van der Waals surface area contributed by atoms with Crippen molar-refractivity contribution in [1.29, 1.82) is 0 Å². The van der Waals surface area contributed by atoms with E-state index in [-0.39, 0.29) is 10.1 Å². The number of aromatic nitrogens is 2. The number of carboxylic acids is 1. The van der Waals surface area contributed by atoms with Crippen LogP contribution in [0.3, 0.4) is 0 Å². The fourth-order valence-corrected chi connectivity index (χ4v) is 2.95. The monoisotopic (exact) mass is 400 g/mol. The number of carbonyl (C=O) groups is 2. The summed E-state index contributed by atoms with van der Waals surface area (Å²) in [4.78, 5) is 23.2. The third-order valence-corrected chi connectivity index (χ3v) is 4.48. The van der Waals surface area contributed by atoms with Gasteiger partial charge in [0.15, 0.2) is 0 Å². The molecule has 0 fully saturated rings. The Balaban J connectivity index is 1.85. The van der Waals surface area contributed by atoms with Crippen molar-refractivity contribution in [3.05, 3.63) is 58.5 Å². The number of rotatable bonds is 7. The zero-order valence-corrected chi connectivity index (χ0v) is 15.9. The molecule has 0 aliphatic heterocycles. The molecule has 0 amide bonds. The van der Waals surface area contributed by atoms with Crippen molar-refractivity contribution in [3.8, 4) is 11.3 Å². The van der Waals surface area contributed by atoms with Gasteiger partial charge < -0.3 is 18.7 Å². The Hall–Kier alpha value is -3.33. The lowest BCUT2D eigenvalue weighted by atomic mass is 10.1. The van der Waals surface area contributed by atoms with E-state index >= 15 is 0 Å². The molecule has 3 aromatic rings. The van der Waals surface area contributed by atoms with E-state index < -0.39 is 11.9 Å². The number of carbonyl (C=O) groups excluding carboxylic acids is 1. The summed E-state index contributed by atoms with van der Waals surface area (Å²) in [5.74, 6) is -0.356. The number of thioether (sulfide) groups is 1. The zero-order chi connectivity index (χ0) is 20.1. The Morgan fingerprint density at radius 3 is 2.71 bits per heavy atom. The lowest BCUT2D eigenvalue weighted by Gasteiger charge is -2.01. The van der Waals surface area contributed by atoms with Crippen molar-refractivity contribution in [3.63, 3.8) is 0 Å². The van der Waals surface area contributed by atoms with Crippen molar-refractivity contribution >= 4 is 29.8 Å². The molecule has 0 saturated heterocycles. The van der Waals surface area contributed by atoms with Gasteiger partial charge in [-0.1, -0.05) is 19.1 Å². The third-order valence-electron chi connectivity index (χ3n) is 3.63. The maximum Gasteiger partial charge on any atom is 0.342 e. The molecule has 0 aliphatic rings. The predicted octanol–water partition coefficient (Wildman–Crippen LogP) is 3.90. The second kappa shape index (κ2) is 8.57. The number of esters is 1. The van der Waals surface area contributed by atoms with Crippen LogP contribution >= 0.6 is 11.8 Å². The molecule has 144 valence electrons. The first-order valence-electron chi connectivity index (χ1n) is 8.24. The Kier molecular flexibility index (Phi) is 5.95. The highest BCUT2D eigenvalue weighted by molar-refractivity contribution is 8.03. The number of carboxylic acid groups (broad SMARTS) is 1. The molecule has 0 spiro atoms. The van der Waals surface area contributed by atoms with Crippen LogP contribution in [-0.4, -0.2) is 34.4 Å². The summed E-state index contributed by atoms with van der Waals surface area (Å²) in [6.45, 7) is 1.86. The molecule has 1 N–H and O–H groups in total. The summed E-state index contributed by atoms with van der Waals surface area (Å²) in [7, 11) is 1.31. The largest absolute Gasteiger partial charge is 0.477 e. The van der Waals surface area contributed by atoms with Crippen LogP contribution in [0.5, 0.6) is 0 Å². The Morgan fingerprint density at radius 2 is 2.04 bits per heavy atom. The van der Waals surface area contributed by atoms with Gasteiger partial charge in [0, 0.05) is 18.1 Å². The normalized spacial score (nSPS) is 11.4. The predicted molar refractivity (Wildman–Crippen MR) is 101 cm³/mol. The van der Waals surface area contributed by atoms with Gasteiger partial charge in [-0.2, -0.15) is 0 Å². The molecule has 28 heavy (non-hydrogen) atoms. The fraction of sp³-hybridized carbons (Fsp3) is 0.158. The van der Waals surface area contributed by atoms with Crippen LogP contribution in [-0.2, 0) is 16.0 Å². The molecule has 0 unspecified atom stereocenters. The first kappa shape index (κ1) is 19.4. The second-order valence-corrected chi connectivity index (χ2v) is 6.50. The molecule has 1 aromatic carbocycles. The highest BCUT2D eigenvalue weighted by Crippen LogP contribution is 2.30. The van der Waals surface area contributed by atoms with Crippen molar-refractivity contribution in [1.82, 2.24) is 10.2 Å². The fourth-order valence-electron chi connectivity index (χ4n) is 2.28. The summed E-state index contributed by atoms with van der Waals surface area (Å²) in [5, 5.41) is 17.2. The number of aliphatic carboxylic acids is 1. The van der Waals surface area contributed by atoms with Crippen LogP contribution in [0.15, 0.2) is 55.4 Å². The maximum atomic E-state index is 11.7. The van der Waals surface area contributed by atoms with E-state index in [2.05, 4.69) is 10.2 Å².